The standard InChI is InChI=1S/C28H21N3O3.CH6N2.CH4O/c1-28(2,18-33)31-27(34)22-11-7-20(8-12-22)4-3-19-5-9-21(10-6-19)26-15-23(17-32)24-16-29-14-13-25(24)30-26;1-3-2;1-2/h5-18H,1-2H3,(H,31,34);3H,2H2,1H3;2H,1H3. The van der Waals surface area contributed by atoms with Gasteiger partial charge in [-0.05, 0) is 69.4 Å². The largest absolute Gasteiger partial charge is 0.400 e. The van der Waals surface area contributed by atoms with E-state index >= 15 is 0 Å². The minimum Gasteiger partial charge on any atom is -0.400 e. The molecular formula is C30H31N5O4. The Morgan fingerprint density at radius 2 is 1.54 bits per heavy atom. The Morgan fingerprint density at radius 3 is 2.08 bits per heavy atom. The number of nitrogens with two attached hydrogens (primary N) is 1. The molecule has 9 nitrogen and oxygen atoms in total. The highest BCUT2D eigenvalue weighted by atomic mass is 16.2. The van der Waals surface area contributed by atoms with Crippen LogP contribution in [0.25, 0.3) is 22.2 Å². The number of carbonyl (C=O) groups excluding carboxylic acids is 3. The minimum atomic E-state index is -0.921. The van der Waals surface area contributed by atoms with Crippen LogP contribution in [0.5, 0.6) is 0 Å². The molecule has 0 aliphatic rings. The van der Waals surface area contributed by atoms with Gasteiger partial charge in [0, 0.05) is 52.7 Å². The maximum Gasteiger partial charge on any atom is 0.252 e. The highest BCUT2D eigenvalue weighted by molar-refractivity contribution is 5.98. The van der Waals surface area contributed by atoms with Gasteiger partial charge in [0.15, 0.2) is 6.29 Å². The van der Waals surface area contributed by atoms with Crippen LogP contribution in [-0.2, 0) is 4.79 Å². The number of carbonyl (C=O) groups is 3. The number of pyridine rings is 2. The van der Waals surface area contributed by atoms with Crippen molar-refractivity contribution in [2.45, 2.75) is 19.4 Å². The molecule has 2 aromatic heterocycles. The fourth-order valence-electron chi connectivity index (χ4n) is 3.31. The second kappa shape index (κ2) is 14.9. The third kappa shape index (κ3) is 8.66. The first-order valence-electron chi connectivity index (χ1n) is 11.8. The zero-order chi connectivity index (χ0) is 28.8. The third-order valence-corrected chi connectivity index (χ3v) is 5.18. The van der Waals surface area contributed by atoms with E-state index in [4.69, 9.17) is 5.11 Å². The molecule has 2 heterocycles. The molecule has 0 aliphatic carbocycles. The molecule has 0 saturated heterocycles. The summed E-state index contributed by atoms with van der Waals surface area (Å²) in [5.41, 5.74) is 6.20. The normalized spacial score (nSPS) is 10.0. The summed E-state index contributed by atoms with van der Waals surface area (Å²) in [6.07, 6.45) is 4.80. The van der Waals surface area contributed by atoms with E-state index in [1.54, 1.807) is 69.7 Å². The molecule has 0 spiro atoms. The van der Waals surface area contributed by atoms with Gasteiger partial charge in [0.25, 0.3) is 5.91 Å². The Hall–Kier alpha value is -4.75. The lowest BCUT2D eigenvalue weighted by Crippen LogP contribution is -2.44. The maximum atomic E-state index is 12.2. The van der Waals surface area contributed by atoms with Gasteiger partial charge in [-0.25, -0.2) is 4.98 Å². The predicted molar refractivity (Wildman–Crippen MR) is 152 cm³/mol. The van der Waals surface area contributed by atoms with Gasteiger partial charge in [-0.2, -0.15) is 0 Å². The van der Waals surface area contributed by atoms with Crippen molar-refractivity contribution in [3.8, 4) is 23.1 Å². The maximum absolute atomic E-state index is 12.2. The lowest BCUT2D eigenvalue weighted by molar-refractivity contribution is -0.112. The van der Waals surface area contributed by atoms with Crippen LogP contribution >= 0.6 is 0 Å². The Labute approximate surface area is 227 Å². The third-order valence-electron chi connectivity index (χ3n) is 5.18. The van der Waals surface area contributed by atoms with Gasteiger partial charge >= 0.3 is 0 Å². The van der Waals surface area contributed by atoms with Crippen LogP contribution < -0.4 is 16.6 Å². The Bertz CT molecular complexity index is 1470. The Balaban J connectivity index is 0.000000998. The fraction of sp³-hybridized carbons (Fsp3) is 0.167. The number of aliphatic hydroxyl groups is 1. The molecule has 0 aliphatic heterocycles. The van der Waals surface area contributed by atoms with Gasteiger partial charge < -0.3 is 15.2 Å². The van der Waals surface area contributed by atoms with Crippen LogP contribution in [0.2, 0.25) is 0 Å². The smallest absolute Gasteiger partial charge is 0.252 e. The number of nitrogens with zero attached hydrogens (tertiary/aromatic N) is 2. The zero-order valence-electron chi connectivity index (χ0n) is 22.2. The van der Waals surface area contributed by atoms with Crippen molar-refractivity contribution in [2.24, 2.45) is 5.84 Å². The molecule has 0 bridgehead atoms. The van der Waals surface area contributed by atoms with Gasteiger partial charge in [0.2, 0.25) is 0 Å². The first-order chi connectivity index (χ1) is 18.8. The number of hydrogen-bond donors (Lipinski definition) is 4. The monoisotopic (exact) mass is 525 g/mol. The first-order valence-corrected chi connectivity index (χ1v) is 11.8. The molecule has 200 valence electrons. The van der Waals surface area contributed by atoms with E-state index in [0.717, 1.165) is 35.5 Å². The number of fused-ring (bicyclic) bond motifs is 1. The van der Waals surface area contributed by atoms with Gasteiger partial charge in [-0.15, -0.1) is 0 Å². The number of nitrogens with one attached hydrogen (secondary N) is 2. The number of aldehydes is 2. The molecule has 5 N–H and O–H groups in total. The summed E-state index contributed by atoms with van der Waals surface area (Å²) < 4.78 is 0. The lowest BCUT2D eigenvalue weighted by atomic mass is 10.0. The van der Waals surface area contributed by atoms with Crippen LogP contribution in [0.15, 0.2) is 73.1 Å². The number of aromatic nitrogens is 2. The van der Waals surface area contributed by atoms with Crippen LogP contribution in [0.4, 0.5) is 0 Å². The predicted octanol–water partition coefficient (Wildman–Crippen LogP) is 2.90. The number of amides is 1. The Morgan fingerprint density at radius 1 is 0.974 bits per heavy atom. The SMILES string of the molecule is CC(C)(C=O)NC(=O)c1ccc(C#Cc2ccc(-c3cc(C=O)c4cnccc4n3)cc2)cc1.CNN.CO. The minimum absolute atomic E-state index is 0.316. The van der Waals surface area contributed by atoms with E-state index in [2.05, 4.69) is 38.4 Å². The molecule has 4 rings (SSSR count). The Kier molecular flexibility index (Phi) is 11.6. The van der Waals surface area contributed by atoms with E-state index in [-0.39, 0.29) is 5.91 Å². The van der Waals surface area contributed by atoms with E-state index in [9.17, 15) is 14.4 Å². The van der Waals surface area contributed by atoms with E-state index < -0.39 is 5.54 Å². The van der Waals surface area contributed by atoms with Crippen molar-refractivity contribution in [3.05, 3.63) is 95.3 Å². The molecule has 2 aromatic carbocycles. The summed E-state index contributed by atoms with van der Waals surface area (Å²) in [5.74, 6) is 10.5. The quantitative estimate of drug-likeness (QED) is 0.135. The first kappa shape index (κ1) is 30.5. The summed E-state index contributed by atoms with van der Waals surface area (Å²) in [5, 5.41) is 10.4. The van der Waals surface area contributed by atoms with Gasteiger partial charge in [-0.1, -0.05) is 24.0 Å². The number of hydrazine groups is 1. The van der Waals surface area contributed by atoms with Gasteiger partial charge in [0.05, 0.1) is 16.7 Å². The number of rotatable bonds is 5. The van der Waals surface area contributed by atoms with E-state index in [1.807, 2.05) is 24.3 Å². The molecule has 9 heteroatoms. The fourth-order valence-corrected chi connectivity index (χ4v) is 3.31. The second-order valence-electron chi connectivity index (χ2n) is 8.59. The average Bonchev–Trinajstić information content (AvgIpc) is 2.97. The highest BCUT2D eigenvalue weighted by Gasteiger charge is 2.19. The molecule has 4 aromatic rings. The zero-order valence-corrected chi connectivity index (χ0v) is 22.2. The summed E-state index contributed by atoms with van der Waals surface area (Å²) in [7, 11) is 2.65. The lowest BCUT2D eigenvalue weighted by Gasteiger charge is -2.18. The highest BCUT2D eigenvalue weighted by Crippen LogP contribution is 2.23. The number of hydrogen-bond acceptors (Lipinski definition) is 8. The molecule has 0 atom stereocenters. The van der Waals surface area contributed by atoms with Crippen LogP contribution in [0.1, 0.15) is 45.7 Å². The molecular weight excluding hydrogens is 494 g/mol. The van der Waals surface area contributed by atoms with Crippen LogP contribution in [0, 0.1) is 11.8 Å². The summed E-state index contributed by atoms with van der Waals surface area (Å²) in [6.45, 7) is 3.27. The average molecular weight is 526 g/mol. The topological polar surface area (TPSA) is 147 Å². The summed E-state index contributed by atoms with van der Waals surface area (Å²) in [4.78, 5) is 43.4. The number of aliphatic hydroxyl groups excluding tert-OH is 1. The molecule has 0 fully saturated rings. The van der Waals surface area contributed by atoms with Crippen molar-refractivity contribution in [1.29, 1.82) is 0 Å². The van der Waals surface area contributed by atoms with Crippen molar-refractivity contribution in [3.63, 3.8) is 0 Å². The molecule has 1 amide bonds. The van der Waals surface area contributed by atoms with Crippen molar-refractivity contribution in [2.75, 3.05) is 14.2 Å². The van der Waals surface area contributed by atoms with E-state index in [1.165, 1.54) is 0 Å². The van der Waals surface area contributed by atoms with Crippen LogP contribution in [-0.4, -0.2) is 53.3 Å². The van der Waals surface area contributed by atoms with Crippen molar-refractivity contribution < 1.29 is 19.5 Å². The summed E-state index contributed by atoms with van der Waals surface area (Å²) >= 11 is 0. The number of benzene rings is 2. The van der Waals surface area contributed by atoms with Gasteiger partial charge in [0.1, 0.15) is 6.29 Å². The van der Waals surface area contributed by atoms with Crippen molar-refractivity contribution in [1.82, 2.24) is 20.7 Å². The second-order valence-corrected chi connectivity index (χ2v) is 8.59. The molecule has 0 radical (unpaired) electrons. The van der Waals surface area contributed by atoms with E-state index in [0.29, 0.717) is 28.6 Å². The molecule has 0 saturated carbocycles. The van der Waals surface area contributed by atoms with Crippen molar-refractivity contribution >= 4 is 29.4 Å². The molecule has 39 heavy (non-hydrogen) atoms. The molecule has 0 unspecified atom stereocenters. The summed E-state index contributed by atoms with van der Waals surface area (Å²) in [6, 6.07) is 18.0. The van der Waals surface area contributed by atoms with Gasteiger partial charge in [-0.3, -0.25) is 25.8 Å². The van der Waals surface area contributed by atoms with Crippen LogP contribution in [0.3, 0.4) is 0 Å².